The molecule has 1 fully saturated rings. The smallest absolute Gasteiger partial charge is 0.165 e. The lowest BCUT2D eigenvalue weighted by Gasteiger charge is -2.28. The van der Waals surface area contributed by atoms with Gasteiger partial charge in [-0.25, -0.2) is 9.37 Å². The lowest BCUT2D eigenvalue weighted by molar-refractivity contribution is 0.558. The maximum absolute atomic E-state index is 13.7. The maximum atomic E-state index is 13.7. The summed E-state index contributed by atoms with van der Waals surface area (Å²) in [6, 6.07) is 1.59. The highest BCUT2D eigenvalue weighted by Crippen LogP contribution is 2.17. The molecule has 17 heavy (non-hydrogen) atoms. The summed E-state index contributed by atoms with van der Waals surface area (Å²) >= 11 is 0. The van der Waals surface area contributed by atoms with Gasteiger partial charge in [-0.1, -0.05) is 20.8 Å². The molecule has 3 nitrogen and oxygen atoms in total. The molecule has 96 valence electrons. The first-order valence-corrected chi connectivity index (χ1v) is 6.41. The molecule has 1 aromatic heterocycles. The fourth-order valence-electron chi connectivity index (χ4n) is 1.77. The Morgan fingerprint density at radius 3 is 2.53 bits per heavy atom. The van der Waals surface area contributed by atoms with E-state index >= 15 is 0 Å². The van der Waals surface area contributed by atoms with Crippen LogP contribution in [0.1, 0.15) is 26.3 Å². The van der Waals surface area contributed by atoms with Crippen molar-refractivity contribution in [3.05, 3.63) is 23.6 Å². The lowest BCUT2D eigenvalue weighted by Crippen LogP contribution is -2.44. The Kier molecular flexibility index (Phi) is 5.91. The zero-order chi connectivity index (χ0) is 12.7. The quantitative estimate of drug-likeness (QED) is 0.857. The minimum atomic E-state index is -0.198. The first kappa shape index (κ1) is 13.9. The van der Waals surface area contributed by atoms with E-state index in [-0.39, 0.29) is 5.82 Å². The summed E-state index contributed by atoms with van der Waals surface area (Å²) in [7, 11) is 0. The van der Waals surface area contributed by atoms with E-state index in [4.69, 9.17) is 0 Å². The Labute approximate surface area is 103 Å². The molecule has 0 atom stereocenters. The molecule has 1 aliphatic rings. The first-order valence-electron chi connectivity index (χ1n) is 6.41. The fourth-order valence-corrected chi connectivity index (χ4v) is 1.77. The number of rotatable bonds is 2. The molecule has 1 aliphatic heterocycles. The molecular formula is C13H22FN3. The van der Waals surface area contributed by atoms with Gasteiger partial charge in [-0.3, -0.25) is 0 Å². The van der Waals surface area contributed by atoms with Gasteiger partial charge in [0, 0.05) is 32.4 Å². The number of aryl methyl sites for hydroxylation is 1. The van der Waals surface area contributed by atoms with Crippen LogP contribution in [0.25, 0.3) is 0 Å². The van der Waals surface area contributed by atoms with E-state index in [1.807, 2.05) is 25.7 Å². The third-order valence-electron chi connectivity index (χ3n) is 2.70. The monoisotopic (exact) mass is 239 g/mol. The molecule has 0 radical (unpaired) electrons. The summed E-state index contributed by atoms with van der Waals surface area (Å²) in [5.74, 6) is 0.296. The molecule has 1 aromatic rings. The van der Waals surface area contributed by atoms with Gasteiger partial charge in [0.25, 0.3) is 0 Å². The zero-order valence-electron chi connectivity index (χ0n) is 11.0. The van der Waals surface area contributed by atoms with Gasteiger partial charge in [0.15, 0.2) is 11.6 Å². The number of hydrogen-bond acceptors (Lipinski definition) is 3. The minimum Gasteiger partial charge on any atom is -0.352 e. The summed E-state index contributed by atoms with van der Waals surface area (Å²) < 4.78 is 13.7. The largest absolute Gasteiger partial charge is 0.352 e. The van der Waals surface area contributed by atoms with Crippen molar-refractivity contribution in [2.75, 3.05) is 31.1 Å². The Morgan fingerprint density at radius 1 is 1.35 bits per heavy atom. The third-order valence-corrected chi connectivity index (χ3v) is 2.70. The summed E-state index contributed by atoms with van der Waals surface area (Å²) in [6.07, 6.45) is 2.59. The number of nitrogens with zero attached hydrogens (tertiary/aromatic N) is 2. The number of piperazine rings is 1. The Balaban J connectivity index is 0.000000686. The van der Waals surface area contributed by atoms with Crippen LogP contribution in [0.4, 0.5) is 10.2 Å². The van der Waals surface area contributed by atoms with E-state index in [1.54, 1.807) is 12.3 Å². The molecular weight excluding hydrogens is 217 g/mol. The van der Waals surface area contributed by atoms with Gasteiger partial charge >= 0.3 is 0 Å². The highest BCUT2D eigenvalue weighted by atomic mass is 19.1. The summed E-state index contributed by atoms with van der Waals surface area (Å²) in [4.78, 5) is 6.19. The van der Waals surface area contributed by atoms with Crippen molar-refractivity contribution in [3.63, 3.8) is 0 Å². The molecule has 2 rings (SSSR count). The second kappa shape index (κ2) is 7.22. The van der Waals surface area contributed by atoms with E-state index in [2.05, 4.69) is 10.3 Å². The van der Waals surface area contributed by atoms with Crippen molar-refractivity contribution < 1.29 is 4.39 Å². The van der Waals surface area contributed by atoms with Gasteiger partial charge in [-0.05, 0) is 18.1 Å². The van der Waals surface area contributed by atoms with E-state index in [1.165, 1.54) is 0 Å². The fraction of sp³-hybridized carbons (Fsp3) is 0.615. The van der Waals surface area contributed by atoms with Crippen molar-refractivity contribution >= 4 is 5.82 Å². The van der Waals surface area contributed by atoms with Crippen molar-refractivity contribution in [1.29, 1.82) is 0 Å². The third kappa shape index (κ3) is 3.66. The number of hydrogen-bond donors (Lipinski definition) is 1. The molecule has 0 spiro atoms. The Morgan fingerprint density at radius 2 is 2.00 bits per heavy atom. The van der Waals surface area contributed by atoms with Crippen LogP contribution in [0.15, 0.2) is 12.3 Å². The van der Waals surface area contributed by atoms with Crippen molar-refractivity contribution in [2.45, 2.75) is 27.2 Å². The van der Waals surface area contributed by atoms with Gasteiger partial charge in [-0.15, -0.1) is 0 Å². The molecule has 0 bridgehead atoms. The maximum Gasteiger partial charge on any atom is 0.165 e. The van der Waals surface area contributed by atoms with Crippen molar-refractivity contribution in [2.24, 2.45) is 0 Å². The average molecular weight is 239 g/mol. The number of aromatic nitrogens is 1. The summed E-state index contributed by atoms with van der Waals surface area (Å²) in [5, 5.41) is 3.23. The topological polar surface area (TPSA) is 28.2 Å². The van der Waals surface area contributed by atoms with Gasteiger partial charge in [-0.2, -0.15) is 0 Å². The van der Waals surface area contributed by atoms with Crippen LogP contribution in [0, 0.1) is 5.82 Å². The SMILES string of the molecule is CC.CCc1cnc(N2CCNCC2)c(F)c1. The molecule has 4 heteroatoms. The van der Waals surface area contributed by atoms with Crippen LogP contribution in [0.2, 0.25) is 0 Å². The van der Waals surface area contributed by atoms with Gasteiger partial charge in [0.05, 0.1) is 0 Å². The number of anilines is 1. The lowest BCUT2D eigenvalue weighted by atomic mass is 10.2. The van der Waals surface area contributed by atoms with Gasteiger partial charge in [0.2, 0.25) is 0 Å². The average Bonchev–Trinajstić information content (AvgIpc) is 2.42. The molecule has 0 amide bonds. The standard InChI is InChI=1S/C11H16FN3.C2H6/c1-2-9-7-10(12)11(14-8-9)15-5-3-13-4-6-15;1-2/h7-8,13H,2-6H2,1H3;1-2H3. The van der Waals surface area contributed by atoms with Crippen LogP contribution in [-0.4, -0.2) is 31.2 Å². The number of pyridine rings is 1. The molecule has 1 N–H and O–H groups in total. The molecule has 0 aliphatic carbocycles. The highest BCUT2D eigenvalue weighted by molar-refractivity contribution is 5.41. The number of nitrogens with one attached hydrogen (secondary N) is 1. The summed E-state index contributed by atoms with van der Waals surface area (Å²) in [6.45, 7) is 9.46. The van der Waals surface area contributed by atoms with E-state index < -0.39 is 0 Å². The Hall–Kier alpha value is -1.16. The zero-order valence-corrected chi connectivity index (χ0v) is 11.0. The van der Waals surface area contributed by atoms with E-state index in [0.29, 0.717) is 5.82 Å². The van der Waals surface area contributed by atoms with E-state index in [9.17, 15) is 4.39 Å². The molecule has 1 saturated heterocycles. The van der Waals surface area contributed by atoms with Crippen molar-refractivity contribution in [1.82, 2.24) is 10.3 Å². The van der Waals surface area contributed by atoms with Gasteiger partial charge in [0.1, 0.15) is 0 Å². The molecule has 0 aromatic carbocycles. The van der Waals surface area contributed by atoms with Crippen molar-refractivity contribution in [3.8, 4) is 0 Å². The van der Waals surface area contributed by atoms with Crippen LogP contribution in [-0.2, 0) is 6.42 Å². The van der Waals surface area contributed by atoms with Crippen LogP contribution < -0.4 is 10.2 Å². The highest BCUT2D eigenvalue weighted by Gasteiger charge is 2.15. The normalized spacial score (nSPS) is 15.2. The first-order chi connectivity index (χ1) is 8.31. The van der Waals surface area contributed by atoms with E-state index in [0.717, 1.165) is 38.2 Å². The van der Waals surface area contributed by atoms with Crippen LogP contribution >= 0.6 is 0 Å². The van der Waals surface area contributed by atoms with Crippen LogP contribution in [0.3, 0.4) is 0 Å². The predicted molar refractivity (Wildman–Crippen MR) is 70.0 cm³/mol. The second-order valence-corrected chi connectivity index (χ2v) is 3.74. The predicted octanol–water partition coefficient (Wildman–Crippen LogP) is 2.22. The molecule has 0 unspecified atom stereocenters. The number of halogens is 1. The Bertz CT molecular complexity index is 335. The molecule has 2 heterocycles. The summed E-state index contributed by atoms with van der Waals surface area (Å²) in [5.41, 5.74) is 0.950. The second-order valence-electron chi connectivity index (χ2n) is 3.74. The van der Waals surface area contributed by atoms with Crippen LogP contribution in [0.5, 0.6) is 0 Å². The minimum absolute atomic E-state index is 0.198. The van der Waals surface area contributed by atoms with Gasteiger partial charge < -0.3 is 10.2 Å². The molecule has 0 saturated carbocycles.